The molecule has 2 atom stereocenters. The minimum absolute atomic E-state index is 0. The fraction of sp³-hybridized carbons (Fsp3) is 0.579. The largest absolute Gasteiger partial charge is 0.492 e. The number of guanidine groups is 3. The number of amides is 3. The van der Waals surface area contributed by atoms with Gasteiger partial charge in [0.25, 0.3) is 5.91 Å². The summed E-state index contributed by atoms with van der Waals surface area (Å²) in [5.74, 6) is -0.588. The number of unbranched alkanes of at least 4 members (excludes halogenated alkanes) is 3. The molecule has 1 heterocycles. The Bertz CT molecular complexity index is 1690. The predicted octanol–water partition coefficient (Wildman–Crippen LogP) is 1.13. The molecule has 3 amide bonds. The second kappa shape index (κ2) is 42.2. The van der Waals surface area contributed by atoms with Crippen molar-refractivity contribution in [1.29, 1.82) is 0 Å². The van der Waals surface area contributed by atoms with E-state index in [4.69, 9.17) is 67.9 Å². The lowest BCUT2D eigenvalue weighted by molar-refractivity contribution is -0.123. The summed E-state index contributed by atoms with van der Waals surface area (Å²) in [6.45, 7) is 4.80. The number of ether oxygens (including phenoxy) is 1. The van der Waals surface area contributed by atoms with Crippen LogP contribution < -0.4 is 72.3 Å². The first-order valence-corrected chi connectivity index (χ1v) is 20.8. The van der Waals surface area contributed by atoms with Gasteiger partial charge in [-0.25, -0.2) is 9.97 Å². The minimum atomic E-state index is -0.693. The molecule has 0 bridgehead atoms. The average molecular weight is 1090 g/mol. The van der Waals surface area contributed by atoms with E-state index in [9.17, 15) is 14.4 Å². The van der Waals surface area contributed by atoms with Crippen LogP contribution in [0.5, 0.6) is 5.75 Å². The Hall–Kier alpha value is -3.97. The Balaban J connectivity index is -0.00000214. The Kier molecular flexibility index (Phi) is 45.3. The van der Waals surface area contributed by atoms with Crippen molar-refractivity contribution in [3.63, 3.8) is 0 Å². The molecule has 0 unspecified atom stereocenters. The molecule has 67 heavy (non-hydrogen) atoms. The van der Waals surface area contributed by atoms with E-state index < -0.39 is 18.0 Å². The van der Waals surface area contributed by atoms with E-state index in [0.29, 0.717) is 84.6 Å². The maximum atomic E-state index is 12.5. The van der Waals surface area contributed by atoms with Gasteiger partial charge in [-0.05, 0) is 101 Å². The molecule has 0 saturated heterocycles. The summed E-state index contributed by atoms with van der Waals surface area (Å²) in [4.78, 5) is 59.4. The van der Waals surface area contributed by atoms with Gasteiger partial charge >= 0.3 is 0 Å². The maximum absolute atomic E-state index is 12.5. The summed E-state index contributed by atoms with van der Waals surface area (Å²) in [6.07, 6.45) is 7.80. The molecule has 2 aromatic rings. The number of nitrogens with zero attached hydrogens (tertiary/aromatic N) is 6. The second-order valence-electron chi connectivity index (χ2n) is 14.3. The van der Waals surface area contributed by atoms with Gasteiger partial charge < -0.3 is 67.0 Å². The van der Waals surface area contributed by atoms with Crippen molar-refractivity contribution >= 4 is 133 Å². The molecular formula is C38H73Cl7N18O4. The summed E-state index contributed by atoms with van der Waals surface area (Å²) in [5, 5.41) is 8.14. The molecule has 0 aliphatic heterocycles. The standard InChI is InChI=1S/C38H67ClN18O4.6ClH/c39-30-32(43)55-31(42)29(54-30)35(60)56-38(48)53-18-4-1-9-25-12-14-26(15-13-25)61-24-23-57(21-7-19-49-33(58)27(40)10-2-5-16-51-36(44)45)22-8-20-50-34(59)28(41)11-3-6-17-52-37(46)47;;;;;;/h12-15,27-28H,1-11,16-24,40-41H2,(H,49,58)(H,50,59)(H4,42,43,55)(H4,44,45,51)(H4,46,47,52)(H3,48,53,56,60);6*1H/t27-,28-;;;;;;/m1....../s1. The molecule has 0 aliphatic rings. The van der Waals surface area contributed by atoms with Gasteiger partial charge in [0.15, 0.2) is 40.4 Å². The van der Waals surface area contributed by atoms with Crippen molar-refractivity contribution in [2.24, 2.45) is 55.1 Å². The molecule has 1 aromatic carbocycles. The van der Waals surface area contributed by atoms with Crippen LogP contribution in [0.1, 0.15) is 80.3 Å². The number of anilines is 2. The van der Waals surface area contributed by atoms with Crippen molar-refractivity contribution in [1.82, 2.24) is 30.8 Å². The summed E-state index contributed by atoms with van der Waals surface area (Å²) in [7, 11) is 0. The van der Waals surface area contributed by atoms with Crippen molar-refractivity contribution in [3.05, 3.63) is 40.7 Å². The zero-order chi connectivity index (χ0) is 45.0. The molecule has 0 aliphatic carbocycles. The topological polar surface area (TPSA) is 397 Å². The zero-order valence-electron chi connectivity index (χ0n) is 37.4. The number of aryl methyl sites for hydroxylation is 1. The Labute approximate surface area is 435 Å². The first-order valence-electron chi connectivity index (χ1n) is 20.5. The predicted molar refractivity (Wildman–Crippen MR) is 285 cm³/mol. The lowest BCUT2D eigenvalue weighted by atomic mass is 10.1. The Morgan fingerprint density at radius 1 is 0.642 bits per heavy atom. The highest BCUT2D eigenvalue weighted by Gasteiger charge is 2.17. The normalized spacial score (nSPS) is 11.2. The number of hydrogen-bond acceptors (Lipinski definition) is 14. The van der Waals surface area contributed by atoms with Crippen LogP contribution >= 0.6 is 86.0 Å². The summed E-state index contributed by atoms with van der Waals surface area (Å²) in [5.41, 5.74) is 51.6. The van der Waals surface area contributed by atoms with Gasteiger partial charge in [-0.2, -0.15) is 0 Å². The van der Waals surface area contributed by atoms with Gasteiger partial charge in [0.2, 0.25) is 11.8 Å². The van der Waals surface area contributed by atoms with E-state index in [0.717, 1.165) is 56.3 Å². The number of aromatic nitrogens is 2. The molecule has 388 valence electrons. The first kappa shape index (κ1) is 72.0. The summed E-state index contributed by atoms with van der Waals surface area (Å²) < 4.78 is 6.08. The molecule has 29 heteroatoms. The molecule has 0 saturated carbocycles. The van der Waals surface area contributed by atoms with Gasteiger partial charge in [0.05, 0.1) is 12.1 Å². The minimum Gasteiger partial charge on any atom is -0.492 e. The van der Waals surface area contributed by atoms with E-state index in [1.807, 2.05) is 24.3 Å². The molecule has 21 N–H and O–H groups in total. The number of halogens is 7. The van der Waals surface area contributed by atoms with E-state index in [2.05, 4.69) is 45.8 Å². The number of carbonyl (C=O) groups is 3. The van der Waals surface area contributed by atoms with E-state index in [-0.39, 0.29) is 127 Å². The number of aliphatic imine (C=N–C) groups is 3. The summed E-state index contributed by atoms with van der Waals surface area (Å²) >= 11 is 5.84. The van der Waals surface area contributed by atoms with Crippen molar-refractivity contribution < 1.29 is 19.1 Å². The second-order valence-corrected chi connectivity index (χ2v) is 14.6. The number of carbonyl (C=O) groups excluding carboxylic acids is 3. The van der Waals surface area contributed by atoms with Crippen LogP contribution in [0.3, 0.4) is 0 Å². The molecule has 22 nitrogen and oxygen atoms in total. The third-order valence-electron chi connectivity index (χ3n) is 9.13. The van der Waals surface area contributed by atoms with Gasteiger partial charge in [-0.3, -0.25) is 39.6 Å². The van der Waals surface area contributed by atoms with Gasteiger partial charge in [0.1, 0.15) is 12.4 Å². The molecule has 1 aromatic heterocycles. The van der Waals surface area contributed by atoms with Crippen LogP contribution in [-0.2, 0) is 16.0 Å². The SMILES string of the molecule is Cl.Cl.Cl.Cl.Cl.Cl.NC(N)=NCCCC[C@@H](N)C(=O)NCCCN(CCCNC(=O)[C@H](N)CCCCN=C(N)N)CCOc1ccc(CCCCN=C(N)NC(=O)c2nc(Cl)c(N)nc2N)cc1. The number of rotatable bonds is 30. The monoisotopic (exact) mass is 1090 g/mol. The maximum Gasteiger partial charge on any atom is 0.280 e. The van der Waals surface area contributed by atoms with Crippen LogP contribution in [0.4, 0.5) is 11.6 Å². The molecule has 0 spiro atoms. The Morgan fingerprint density at radius 2 is 1.12 bits per heavy atom. The zero-order valence-corrected chi connectivity index (χ0v) is 43.1. The number of nitrogen functional groups attached to an aromatic ring is 2. The number of nitrogens with one attached hydrogen (secondary N) is 3. The lowest BCUT2D eigenvalue weighted by Gasteiger charge is -2.23. The van der Waals surface area contributed by atoms with Gasteiger partial charge in [-0.1, -0.05) is 23.7 Å². The third kappa shape index (κ3) is 33.2. The van der Waals surface area contributed by atoms with Crippen LogP contribution in [0.25, 0.3) is 0 Å². The molecule has 0 radical (unpaired) electrons. The van der Waals surface area contributed by atoms with Crippen LogP contribution in [0.15, 0.2) is 39.2 Å². The first-order chi connectivity index (χ1) is 29.2. The summed E-state index contributed by atoms with van der Waals surface area (Å²) in [6, 6.07) is 6.68. The smallest absolute Gasteiger partial charge is 0.280 e. The number of hydrogen-bond donors (Lipinski definition) is 12. The molecule has 2 rings (SSSR count). The highest BCUT2D eigenvalue weighted by atomic mass is 35.5. The Morgan fingerprint density at radius 3 is 1.61 bits per heavy atom. The highest BCUT2D eigenvalue weighted by molar-refractivity contribution is 6.31. The van der Waals surface area contributed by atoms with E-state index >= 15 is 0 Å². The fourth-order valence-corrected chi connectivity index (χ4v) is 5.89. The molecular weight excluding hydrogens is 1020 g/mol. The number of nitrogens with two attached hydrogens (primary N) is 9. The van der Waals surface area contributed by atoms with Crippen LogP contribution in [0, 0.1) is 0 Å². The van der Waals surface area contributed by atoms with Crippen molar-refractivity contribution in [2.45, 2.75) is 82.7 Å². The van der Waals surface area contributed by atoms with Gasteiger partial charge in [0, 0.05) is 39.3 Å². The third-order valence-corrected chi connectivity index (χ3v) is 9.40. The highest BCUT2D eigenvalue weighted by Crippen LogP contribution is 2.17. The van der Waals surface area contributed by atoms with Crippen LogP contribution in [-0.4, -0.2) is 122 Å². The lowest BCUT2D eigenvalue weighted by Crippen LogP contribution is -2.42. The quantitative estimate of drug-likeness (QED) is 0.0296. The van der Waals surface area contributed by atoms with Crippen molar-refractivity contribution in [2.75, 3.05) is 70.4 Å². The fourth-order valence-electron chi connectivity index (χ4n) is 5.77. The number of benzene rings is 1. The molecule has 0 fully saturated rings. The van der Waals surface area contributed by atoms with Gasteiger partial charge in [-0.15, -0.1) is 74.4 Å². The van der Waals surface area contributed by atoms with Crippen LogP contribution in [0.2, 0.25) is 5.15 Å². The van der Waals surface area contributed by atoms with Crippen molar-refractivity contribution in [3.8, 4) is 5.75 Å². The van der Waals surface area contributed by atoms with E-state index in [1.54, 1.807) is 0 Å². The average Bonchev–Trinajstić information content (AvgIpc) is 3.21. The van der Waals surface area contributed by atoms with E-state index in [1.165, 1.54) is 0 Å².